The van der Waals surface area contributed by atoms with E-state index in [4.69, 9.17) is 19.9 Å². The SMILES string of the molecule is CC(C)(CN)CN(Cc1cccc(Oc2ccccc2)c1)Cc1ccc2c(c1)OCO2. The second kappa shape index (κ2) is 9.41. The minimum atomic E-state index is 0.00842. The van der Waals surface area contributed by atoms with Gasteiger partial charge < -0.3 is 19.9 Å². The van der Waals surface area contributed by atoms with Crippen molar-refractivity contribution in [1.29, 1.82) is 0 Å². The number of hydrogen-bond donors (Lipinski definition) is 1. The molecule has 0 amide bonds. The monoisotopic (exact) mass is 418 g/mol. The molecule has 0 spiro atoms. The number of ether oxygens (including phenoxy) is 3. The second-order valence-electron chi connectivity index (χ2n) is 8.76. The van der Waals surface area contributed by atoms with Crippen molar-refractivity contribution in [2.45, 2.75) is 26.9 Å². The van der Waals surface area contributed by atoms with Crippen LogP contribution < -0.4 is 19.9 Å². The summed E-state index contributed by atoms with van der Waals surface area (Å²) in [5.41, 5.74) is 8.44. The molecule has 4 rings (SSSR count). The van der Waals surface area contributed by atoms with Crippen LogP contribution in [0.15, 0.2) is 72.8 Å². The Bertz CT molecular complexity index is 1000. The average Bonchev–Trinajstić information content (AvgIpc) is 3.22. The molecule has 0 radical (unpaired) electrons. The predicted octanol–water partition coefficient (Wildman–Crippen LogP) is 5.19. The molecule has 0 unspecified atom stereocenters. The largest absolute Gasteiger partial charge is 0.457 e. The predicted molar refractivity (Wildman–Crippen MR) is 122 cm³/mol. The Morgan fingerprint density at radius 1 is 0.839 bits per heavy atom. The van der Waals surface area contributed by atoms with Crippen LogP contribution in [-0.2, 0) is 13.1 Å². The average molecular weight is 419 g/mol. The van der Waals surface area contributed by atoms with E-state index in [2.05, 4.69) is 43.0 Å². The lowest BCUT2D eigenvalue weighted by molar-refractivity contribution is 0.167. The van der Waals surface area contributed by atoms with Crippen LogP contribution in [0.4, 0.5) is 0 Å². The second-order valence-corrected chi connectivity index (χ2v) is 8.76. The fourth-order valence-electron chi connectivity index (χ4n) is 3.73. The molecule has 5 nitrogen and oxygen atoms in total. The molecule has 0 bridgehead atoms. The molecule has 0 atom stereocenters. The van der Waals surface area contributed by atoms with Crippen molar-refractivity contribution in [3.63, 3.8) is 0 Å². The van der Waals surface area contributed by atoms with Gasteiger partial charge in [0.05, 0.1) is 0 Å². The van der Waals surface area contributed by atoms with Gasteiger partial charge in [0.2, 0.25) is 6.79 Å². The maximum Gasteiger partial charge on any atom is 0.231 e. The molecule has 1 heterocycles. The minimum absolute atomic E-state index is 0.00842. The molecule has 2 N–H and O–H groups in total. The Hall–Kier alpha value is -3.02. The smallest absolute Gasteiger partial charge is 0.231 e. The summed E-state index contributed by atoms with van der Waals surface area (Å²) in [4.78, 5) is 2.42. The van der Waals surface area contributed by atoms with Crippen molar-refractivity contribution in [3.8, 4) is 23.0 Å². The summed E-state index contributed by atoms with van der Waals surface area (Å²) in [5.74, 6) is 3.29. The fourth-order valence-corrected chi connectivity index (χ4v) is 3.73. The molecule has 0 aliphatic carbocycles. The van der Waals surface area contributed by atoms with Crippen molar-refractivity contribution in [3.05, 3.63) is 83.9 Å². The van der Waals surface area contributed by atoms with Crippen LogP contribution in [0.1, 0.15) is 25.0 Å². The van der Waals surface area contributed by atoms with Crippen molar-refractivity contribution < 1.29 is 14.2 Å². The normalized spacial score (nSPS) is 12.9. The number of para-hydroxylation sites is 1. The van der Waals surface area contributed by atoms with Crippen LogP contribution >= 0.6 is 0 Å². The van der Waals surface area contributed by atoms with Gasteiger partial charge in [0, 0.05) is 19.6 Å². The highest BCUT2D eigenvalue weighted by Gasteiger charge is 2.22. The molecule has 5 heteroatoms. The highest BCUT2D eigenvalue weighted by atomic mass is 16.7. The lowest BCUT2D eigenvalue weighted by Gasteiger charge is -2.32. The van der Waals surface area contributed by atoms with Gasteiger partial charge in [-0.3, -0.25) is 4.90 Å². The van der Waals surface area contributed by atoms with Crippen molar-refractivity contribution in [2.24, 2.45) is 11.1 Å². The molecule has 1 aliphatic rings. The Morgan fingerprint density at radius 2 is 1.55 bits per heavy atom. The summed E-state index contributed by atoms with van der Waals surface area (Å²) in [6.07, 6.45) is 0. The van der Waals surface area contributed by atoms with E-state index in [1.54, 1.807) is 0 Å². The van der Waals surface area contributed by atoms with Crippen LogP contribution in [0.2, 0.25) is 0 Å². The van der Waals surface area contributed by atoms with E-state index in [0.717, 1.165) is 42.6 Å². The first kappa shape index (κ1) is 21.2. The highest BCUT2D eigenvalue weighted by molar-refractivity contribution is 5.44. The molecule has 0 saturated heterocycles. The lowest BCUT2D eigenvalue weighted by Crippen LogP contribution is -2.38. The number of hydrogen-bond acceptors (Lipinski definition) is 5. The zero-order valence-electron chi connectivity index (χ0n) is 18.2. The first-order chi connectivity index (χ1) is 15.0. The van der Waals surface area contributed by atoms with Crippen LogP contribution in [0.5, 0.6) is 23.0 Å². The number of nitrogens with two attached hydrogens (primary N) is 1. The van der Waals surface area contributed by atoms with Crippen molar-refractivity contribution in [2.75, 3.05) is 19.9 Å². The Kier molecular flexibility index (Phi) is 6.44. The van der Waals surface area contributed by atoms with Gasteiger partial charge in [0.15, 0.2) is 11.5 Å². The van der Waals surface area contributed by atoms with Gasteiger partial charge in [-0.2, -0.15) is 0 Å². The van der Waals surface area contributed by atoms with Gasteiger partial charge in [0.1, 0.15) is 11.5 Å². The van der Waals surface area contributed by atoms with Crippen molar-refractivity contribution in [1.82, 2.24) is 4.90 Å². The van der Waals surface area contributed by atoms with Gasteiger partial charge in [-0.25, -0.2) is 0 Å². The molecule has 162 valence electrons. The van der Waals surface area contributed by atoms with Crippen LogP contribution in [0.3, 0.4) is 0 Å². The molecule has 3 aromatic carbocycles. The summed E-state index contributed by atoms with van der Waals surface area (Å²) in [6, 6.07) is 24.3. The van der Waals surface area contributed by atoms with Gasteiger partial charge >= 0.3 is 0 Å². The summed E-state index contributed by atoms with van der Waals surface area (Å²) < 4.78 is 17.0. The summed E-state index contributed by atoms with van der Waals surface area (Å²) in [5, 5.41) is 0. The zero-order chi connectivity index (χ0) is 21.7. The maximum absolute atomic E-state index is 6.04. The third-order valence-electron chi connectivity index (χ3n) is 5.33. The summed E-state index contributed by atoms with van der Waals surface area (Å²) in [7, 11) is 0. The number of rotatable bonds is 9. The third-order valence-corrected chi connectivity index (χ3v) is 5.33. The third kappa shape index (κ3) is 5.78. The molecule has 0 fully saturated rings. The first-order valence-corrected chi connectivity index (χ1v) is 10.6. The first-order valence-electron chi connectivity index (χ1n) is 10.6. The van der Waals surface area contributed by atoms with E-state index in [1.165, 1.54) is 11.1 Å². The molecule has 31 heavy (non-hydrogen) atoms. The van der Waals surface area contributed by atoms with Crippen LogP contribution in [0.25, 0.3) is 0 Å². The van der Waals surface area contributed by atoms with E-state index >= 15 is 0 Å². The maximum atomic E-state index is 6.04. The number of fused-ring (bicyclic) bond motifs is 1. The fraction of sp³-hybridized carbons (Fsp3) is 0.308. The number of benzene rings is 3. The Morgan fingerprint density at radius 3 is 2.32 bits per heavy atom. The topological polar surface area (TPSA) is 57.0 Å². The number of nitrogens with zero attached hydrogens (tertiary/aromatic N) is 1. The van der Waals surface area contributed by atoms with E-state index in [1.807, 2.05) is 48.5 Å². The molecule has 1 aliphatic heterocycles. The van der Waals surface area contributed by atoms with E-state index < -0.39 is 0 Å². The van der Waals surface area contributed by atoms with E-state index in [0.29, 0.717) is 6.54 Å². The summed E-state index contributed by atoms with van der Waals surface area (Å²) >= 11 is 0. The van der Waals surface area contributed by atoms with Gasteiger partial charge in [-0.1, -0.05) is 50.2 Å². The van der Waals surface area contributed by atoms with Crippen LogP contribution in [0, 0.1) is 5.41 Å². The van der Waals surface area contributed by atoms with Crippen LogP contribution in [-0.4, -0.2) is 24.8 Å². The van der Waals surface area contributed by atoms with Crippen molar-refractivity contribution >= 4 is 0 Å². The standard InChI is InChI=1S/C26H30N2O3/c1-26(2,17-27)18-28(16-21-11-12-24-25(14-21)30-19-29-24)15-20-7-6-10-23(13-20)31-22-8-4-3-5-9-22/h3-14H,15-19,27H2,1-2H3. The minimum Gasteiger partial charge on any atom is -0.457 e. The molecule has 3 aromatic rings. The highest BCUT2D eigenvalue weighted by Crippen LogP contribution is 2.33. The molecular formula is C26H30N2O3. The molecule has 0 aromatic heterocycles. The van der Waals surface area contributed by atoms with Gasteiger partial charge in [-0.15, -0.1) is 0 Å². The Balaban J connectivity index is 1.51. The Labute approximate surface area is 184 Å². The summed E-state index contributed by atoms with van der Waals surface area (Å²) in [6.45, 7) is 7.79. The van der Waals surface area contributed by atoms with Gasteiger partial charge in [0.25, 0.3) is 0 Å². The quantitative estimate of drug-likeness (QED) is 0.518. The molecule has 0 saturated carbocycles. The van der Waals surface area contributed by atoms with E-state index in [9.17, 15) is 0 Å². The zero-order valence-corrected chi connectivity index (χ0v) is 18.2. The van der Waals surface area contributed by atoms with Gasteiger partial charge in [-0.05, 0) is 59.5 Å². The molecular weight excluding hydrogens is 388 g/mol. The van der Waals surface area contributed by atoms with E-state index in [-0.39, 0.29) is 12.2 Å². The lowest BCUT2D eigenvalue weighted by atomic mass is 9.92.